The van der Waals surface area contributed by atoms with Crippen molar-refractivity contribution >= 4 is 11.6 Å². The Morgan fingerprint density at radius 2 is 2.10 bits per heavy atom. The summed E-state index contributed by atoms with van der Waals surface area (Å²) in [7, 11) is 0. The zero-order chi connectivity index (χ0) is 15.6. The first-order chi connectivity index (χ1) is 9.82. The van der Waals surface area contributed by atoms with E-state index in [1.54, 1.807) is 0 Å². The Balaban J connectivity index is 2.09. The van der Waals surface area contributed by atoms with E-state index in [4.69, 9.17) is 0 Å². The number of anilines is 1. The van der Waals surface area contributed by atoms with E-state index >= 15 is 0 Å². The standard InChI is InChI=1S/C18H28N2O/c1-6-19-16-8-7-14(11-13(16)2)17(21)20-10-9-15(12-20)18(3,4)5/h7-8,11,15,19H,6,9-10,12H2,1-5H3. The van der Waals surface area contributed by atoms with Crippen molar-refractivity contribution in [2.75, 3.05) is 25.0 Å². The Hall–Kier alpha value is -1.51. The topological polar surface area (TPSA) is 32.3 Å². The first-order valence-corrected chi connectivity index (χ1v) is 7.96. The van der Waals surface area contributed by atoms with Crippen molar-refractivity contribution in [1.82, 2.24) is 4.90 Å². The van der Waals surface area contributed by atoms with Gasteiger partial charge in [-0.1, -0.05) is 20.8 Å². The molecule has 0 aromatic heterocycles. The first kappa shape index (κ1) is 15.9. The molecule has 0 spiro atoms. The number of nitrogens with zero attached hydrogens (tertiary/aromatic N) is 1. The molecule has 0 radical (unpaired) electrons. The highest BCUT2D eigenvalue weighted by Gasteiger charge is 2.34. The van der Waals surface area contributed by atoms with Crippen molar-refractivity contribution < 1.29 is 4.79 Å². The van der Waals surface area contributed by atoms with Crippen molar-refractivity contribution in [3.63, 3.8) is 0 Å². The van der Waals surface area contributed by atoms with E-state index in [1.807, 2.05) is 23.1 Å². The number of hydrogen-bond acceptors (Lipinski definition) is 2. The van der Waals surface area contributed by atoms with E-state index in [2.05, 4.69) is 39.9 Å². The number of hydrogen-bond donors (Lipinski definition) is 1. The third-order valence-electron chi connectivity index (χ3n) is 4.54. The van der Waals surface area contributed by atoms with E-state index in [0.29, 0.717) is 5.92 Å². The lowest BCUT2D eigenvalue weighted by Gasteiger charge is -2.27. The number of benzene rings is 1. The molecular formula is C18H28N2O. The fourth-order valence-corrected chi connectivity index (χ4v) is 3.02. The van der Waals surface area contributed by atoms with Gasteiger partial charge in [0.05, 0.1) is 0 Å². The smallest absolute Gasteiger partial charge is 0.253 e. The Morgan fingerprint density at radius 3 is 2.62 bits per heavy atom. The van der Waals surface area contributed by atoms with Crippen LogP contribution < -0.4 is 5.32 Å². The van der Waals surface area contributed by atoms with Crippen molar-refractivity contribution in [3.05, 3.63) is 29.3 Å². The number of likely N-dealkylation sites (tertiary alicyclic amines) is 1. The van der Waals surface area contributed by atoms with Crippen LogP contribution >= 0.6 is 0 Å². The summed E-state index contributed by atoms with van der Waals surface area (Å²) < 4.78 is 0. The number of aryl methyl sites for hydroxylation is 1. The molecule has 2 rings (SSSR count). The molecule has 116 valence electrons. The van der Waals surface area contributed by atoms with Gasteiger partial charge >= 0.3 is 0 Å². The van der Waals surface area contributed by atoms with Crippen LogP contribution in [0.2, 0.25) is 0 Å². The fourth-order valence-electron chi connectivity index (χ4n) is 3.02. The lowest BCUT2D eigenvalue weighted by atomic mass is 9.80. The van der Waals surface area contributed by atoms with E-state index in [0.717, 1.165) is 42.9 Å². The maximum atomic E-state index is 12.6. The quantitative estimate of drug-likeness (QED) is 0.914. The van der Waals surface area contributed by atoms with Gasteiger partial charge in [-0.15, -0.1) is 0 Å². The molecule has 1 heterocycles. The molecule has 3 heteroatoms. The molecule has 1 N–H and O–H groups in total. The summed E-state index contributed by atoms with van der Waals surface area (Å²) in [6.45, 7) is 13.6. The van der Waals surface area contributed by atoms with Crippen LogP contribution in [0.4, 0.5) is 5.69 Å². The van der Waals surface area contributed by atoms with Gasteiger partial charge in [0, 0.05) is 30.9 Å². The Kier molecular flexibility index (Phi) is 4.60. The summed E-state index contributed by atoms with van der Waals surface area (Å²) in [6, 6.07) is 5.96. The normalized spacial score (nSPS) is 18.9. The van der Waals surface area contributed by atoms with Gasteiger partial charge in [-0.25, -0.2) is 0 Å². The minimum atomic E-state index is 0.174. The average Bonchev–Trinajstić information content (AvgIpc) is 2.90. The number of carbonyl (C=O) groups is 1. The van der Waals surface area contributed by atoms with Crippen LogP contribution in [0, 0.1) is 18.3 Å². The average molecular weight is 288 g/mol. The number of carbonyl (C=O) groups excluding carboxylic acids is 1. The molecule has 1 saturated heterocycles. The lowest BCUT2D eigenvalue weighted by Crippen LogP contribution is -2.31. The Bertz CT molecular complexity index is 516. The summed E-state index contributed by atoms with van der Waals surface area (Å²) in [5.41, 5.74) is 3.33. The van der Waals surface area contributed by atoms with Gasteiger partial charge in [-0.05, 0) is 55.4 Å². The molecule has 1 aliphatic rings. The van der Waals surface area contributed by atoms with Gasteiger partial charge in [0.15, 0.2) is 0 Å². The van der Waals surface area contributed by atoms with E-state index in [9.17, 15) is 4.79 Å². The number of rotatable bonds is 3. The lowest BCUT2D eigenvalue weighted by molar-refractivity contribution is 0.0776. The third kappa shape index (κ3) is 3.58. The third-order valence-corrected chi connectivity index (χ3v) is 4.54. The van der Waals surface area contributed by atoms with Crippen molar-refractivity contribution in [3.8, 4) is 0 Å². The van der Waals surface area contributed by atoms with E-state index in [-0.39, 0.29) is 11.3 Å². The van der Waals surface area contributed by atoms with Crippen LogP contribution in [0.1, 0.15) is 50.0 Å². The van der Waals surface area contributed by atoms with Gasteiger partial charge in [-0.3, -0.25) is 4.79 Å². The number of nitrogens with one attached hydrogen (secondary N) is 1. The van der Waals surface area contributed by atoms with Crippen molar-refractivity contribution in [2.24, 2.45) is 11.3 Å². The minimum Gasteiger partial charge on any atom is -0.385 e. The monoisotopic (exact) mass is 288 g/mol. The largest absolute Gasteiger partial charge is 0.385 e. The van der Waals surface area contributed by atoms with Crippen molar-refractivity contribution in [2.45, 2.75) is 41.0 Å². The first-order valence-electron chi connectivity index (χ1n) is 7.96. The van der Waals surface area contributed by atoms with Gasteiger partial charge in [0.25, 0.3) is 5.91 Å². The van der Waals surface area contributed by atoms with Crippen LogP contribution in [-0.2, 0) is 0 Å². The van der Waals surface area contributed by atoms with E-state index < -0.39 is 0 Å². The highest BCUT2D eigenvalue weighted by molar-refractivity contribution is 5.95. The highest BCUT2D eigenvalue weighted by Crippen LogP contribution is 2.34. The molecule has 3 nitrogen and oxygen atoms in total. The summed E-state index contributed by atoms with van der Waals surface area (Å²) >= 11 is 0. The molecule has 1 unspecified atom stereocenters. The predicted molar refractivity (Wildman–Crippen MR) is 88.8 cm³/mol. The second-order valence-corrected chi connectivity index (χ2v) is 7.16. The zero-order valence-corrected chi connectivity index (χ0v) is 14.0. The molecule has 1 aromatic rings. The molecule has 21 heavy (non-hydrogen) atoms. The molecule has 1 aliphatic heterocycles. The van der Waals surface area contributed by atoms with Gasteiger partial charge < -0.3 is 10.2 Å². The second-order valence-electron chi connectivity index (χ2n) is 7.16. The fraction of sp³-hybridized carbons (Fsp3) is 0.611. The van der Waals surface area contributed by atoms with Crippen LogP contribution in [0.25, 0.3) is 0 Å². The van der Waals surface area contributed by atoms with Crippen LogP contribution in [0.5, 0.6) is 0 Å². The minimum absolute atomic E-state index is 0.174. The summed E-state index contributed by atoms with van der Waals surface area (Å²) in [6.07, 6.45) is 1.11. The molecule has 1 fully saturated rings. The van der Waals surface area contributed by atoms with E-state index in [1.165, 1.54) is 0 Å². The predicted octanol–water partition coefficient (Wildman–Crippen LogP) is 3.94. The molecule has 1 amide bonds. The van der Waals surface area contributed by atoms with Gasteiger partial charge in [-0.2, -0.15) is 0 Å². The maximum Gasteiger partial charge on any atom is 0.253 e. The highest BCUT2D eigenvalue weighted by atomic mass is 16.2. The summed E-state index contributed by atoms with van der Waals surface area (Å²) in [5, 5.41) is 3.31. The Morgan fingerprint density at radius 1 is 1.38 bits per heavy atom. The number of amides is 1. The summed E-state index contributed by atoms with van der Waals surface area (Å²) in [4.78, 5) is 14.7. The maximum absolute atomic E-state index is 12.6. The molecule has 1 atom stereocenters. The van der Waals surface area contributed by atoms with Crippen LogP contribution in [0.15, 0.2) is 18.2 Å². The van der Waals surface area contributed by atoms with Crippen LogP contribution in [-0.4, -0.2) is 30.4 Å². The Labute approximate surface area is 128 Å². The zero-order valence-electron chi connectivity index (χ0n) is 14.0. The second kappa shape index (κ2) is 6.08. The molecule has 0 saturated carbocycles. The molecule has 0 aliphatic carbocycles. The molecule has 1 aromatic carbocycles. The summed E-state index contributed by atoms with van der Waals surface area (Å²) in [5.74, 6) is 0.775. The van der Waals surface area contributed by atoms with Gasteiger partial charge in [0.1, 0.15) is 0 Å². The molecule has 0 bridgehead atoms. The molecular weight excluding hydrogens is 260 g/mol. The van der Waals surface area contributed by atoms with Gasteiger partial charge in [0.2, 0.25) is 0 Å². The van der Waals surface area contributed by atoms with Crippen LogP contribution in [0.3, 0.4) is 0 Å². The SMILES string of the molecule is CCNc1ccc(C(=O)N2CCC(C(C)(C)C)C2)cc1C. The van der Waals surface area contributed by atoms with Crippen molar-refractivity contribution in [1.29, 1.82) is 0 Å².